The Hall–Kier alpha value is -1.76. The van der Waals surface area contributed by atoms with Crippen molar-refractivity contribution in [1.82, 2.24) is 15.0 Å². The molecule has 0 unspecified atom stereocenters. The first-order valence-electron chi connectivity index (χ1n) is 6.40. The van der Waals surface area contributed by atoms with Gasteiger partial charge < -0.3 is 5.32 Å². The average Bonchev–Trinajstić information content (AvgIpc) is 2.49. The molecule has 0 bridgehead atoms. The lowest BCUT2D eigenvalue weighted by Crippen LogP contribution is -2.04. The summed E-state index contributed by atoms with van der Waals surface area (Å²) in [6.45, 7) is 2.88. The number of pyridine rings is 1. The van der Waals surface area contributed by atoms with E-state index in [-0.39, 0.29) is 0 Å². The minimum Gasteiger partial charge on any atom is -0.369 e. The second kappa shape index (κ2) is 5.70. The lowest BCUT2D eigenvalue weighted by molar-refractivity contribution is 1.09. The van der Waals surface area contributed by atoms with Gasteiger partial charge in [-0.1, -0.05) is 24.3 Å². The summed E-state index contributed by atoms with van der Waals surface area (Å²) in [4.78, 5) is 13.5. The third-order valence-electron chi connectivity index (χ3n) is 2.92. The molecule has 0 saturated heterocycles. The van der Waals surface area contributed by atoms with Gasteiger partial charge in [0.1, 0.15) is 11.5 Å². The summed E-state index contributed by atoms with van der Waals surface area (Å²) < 4.78 is 1.01. The Morgan fingerprint density at radius 2 is 1.95 bits per heavy atom. The average molecular weight is 376 g/mol. The molecule has 2 aromatic heterocycles. The van der Waals surface area contributed by atoms with Crippen molar-refractivity contribution in [3.05, 3.63) is 46.2 Å². The van der Waals surface area contributed by atoms with Crippen molar-refractivity contribution in [2.45, 2.75) is 6.92 Å². The van der Waals surface area contributed by atoms with E-state index in [0.717, 1.165) is 32.5 Å². The Morgan fingerprint density at radius 3 is 2.80 bits per heavy atom. The maximum absolute atomic E-state index is 4.62. The van der Waals surface area contributed by atoms with Gasteiger partial charge in [0.25, 0.3) is 0 Å². The monoisotopic (exact) mass is 376 g/mol. The van der Waals surface area contributed by atoms with Crippen LogP contribution in [0.2, 0.25) is 0 Å². The van der Waals surface area contributed by atoms with Gasteiger partial charge in [-0.2, -0.15) is 0 Å². The number of hydrogen-bond acceptors (Lipinski definition) is 4. The molecule has 1 aromatic carbocycles. The third kappa shape index (κ3) is 2.58. The fourth-order valence-electron chi connectivity index (χ4n) is 1.97. The maximum Gasteiger partial charge on any atom is 0.180 e. The first-order chi connectivity index (χ1) is 9.78. The quantitative estimate of drug-likeness (QED) is 0.708. The molecule has 0 radical (unpaired) electrons. The molecule has 0 spiro atoms. The van der Waals surface area contributed by atoms with Crippen LogP contribution in [-0.2, 0) is 0 Å². The lowest BCUT2D eigenvalue weighted by Gasteiger charge is -2.07. The molecule has 0 saturated carbocycles. The summed E-state index contributed by atoms with van der Waals surface area (Å²) in [6.07, 6.45) is 1.82. The molecule has 3 rings (SSSR count). The molecular formula is C15H13IN4. The van der Waals surface area contributed by atoms with Crippen molar-refractivity contribution in [3.8, 4) is 11.5 Å². The first-order valence-corrected chi connectivity index (χ1v) is 7.48. The molecule has 2 heterocycles. The van der Waals surface area contributed by atoms with Crippen molar-refractivity contribution in [3.63, 3.8) is 0 Å². The lowest BCUT2D eigenvalue weighted by atomic mass is 10.2. The summed E-state index contributed by atoms with van der Waals surface area (Å²) in [5, 5.41) is 4.36. The predicted octanol–water partition coefficient (Wildman–Crippen LogP) is 3.73. The Labute approximate surface area is 130 Å². The summed E-state index contributed by atoms with van der Waals surface area (Å²) in [5.74, 6) is 1.50. The van der Waals surface area contributed by atoms with Crippen LogP contribution in [0.3, 0.4) is 0 Å². The Balaban J connectivity index is 2.08. The molecule has 0 amide bonds. The van der Waals surface area contributed by atoms with Gasteiger partial charge in [-0.05, 0) is 41.6 Å². The number of benzene rings is 1. The molecule has 0 fully saturated rings. The fourth-order valence-corrected chi connectivity index (χ4v) is 2.42. The van der Waals surface area contributed by atoms with Crippen LogP contribution in [0.15, 0.2) is 42.6 Å². The van der Waals surface area contributed by atoms with Crippen LogP contribution in [0, 0.1) is 3.57 Å². The van der Waals surface area contributed by atoms with E-state index in [0.29, 0.717) is 5.82 Å². The second-order valence-corrected chi connectivity index (χ2v) is 5.47. The molecule has 3 aromatic rings. The van der Waals surface area contributed by atoms with Crippen molar-refractivity contribution in [1.29, 1.82) is 0 Å². The molecule has 0 aliphatic heterocycles. The minimum atomic E-state index is 0.645. The van der Waals surface area contributed by atoms with E-state index in [1.165, 1.54) is 0 Å². The van der Waals surface area contributed by atoms with E-state index in [2.05, 4.69) is 42.9 Å². The van der Waals surface area contributed by atoms with Gasteiger partial charge in [0.2, 0.25) is 0 Å². The van der Waals surface area contributed by atoms with Gasteiger partial charge in [0, 0.05) is 18.1 Å². The van der Waals surface area contributed by atoms with E-state index in [1.54, 1.807) is 0 Å². The van der Waals surface area contributed by atoms with E-state index >= 15 is 0 Å². The fraction of sp³-hybridized carbons (Fsp3) is 0.133. The first kappa shape index (κ1) is 13.2. The number of aromatic nitrogens is 3. The van der Waals surface area contributed by atoms with Crippen LogP contribution in [-0.4, -0.2) is 21.5 Å². The highest BCUT2D eigenvalue weighted by Gasteiger charge is 2.08. The van der Waals surface area contributed by atoms with E-state index < -0.39 is 0 Å². The van der Waals surface area contributed by atoms with Crippen LogP contribution in [0.5, 0.6) is 0 Å². The number of para-hydroxylation sites is 1. The topological polar surface area (TPSA) is 50.7 Å². The number of halogens is 1. The van der Waals surface area contributed by atoms with Crippen LogP contribution in [0.25, 0.3) is 22.4 Å². The van der Waals surface area contributed by atoms with E-state index in [4.69, 9.17) is 0 Å². The van der Waals surface area contributed by atoms with Crippen molar-refractivity contribution in [2.75, 3.05) is 11.9 Å². The molecule has 5 heteroatoms. The summed E-state index contributed by atoms with van der Waals surface area (Å²) in [7, 11) is 0. The standard InChI is InChI=1S/C15H13IN4/c1-2-17-14-11(16)9-18-15(20-14)13-8-7-10-5-3-4-6-12(10)19-13/h3-9H,2H2,1H3,(H,17,18,20). The highest BCUT2D eigenvalue weighted by atomic mass is 127. The molecule has 20 heavy (non-hydrogen) atoms. The predicted molar refractivity (Wildman–Crippen MR) is 89.6 cm³/mol. The molecule has 100 valence electrons. The Morgan fingerprint density at radius 1 is 1.10 bits per heavy atom. The van der Waals surface area contributed by atoms with Gasteiger partial charge in [0.05, 0.1) is 9.09 Å². The number of hydrogen-bond donors (Lipinski definition) is 1. The zero-order chi connectivity index (χ0) is 13.9. The summed E-state index contributed by atoms with van der Waals surface area (Å²) in [6, 6.07) is 12.0. The normalized spacial score (nSPS) is 10.7. The van der Waals surface area contributed by atoms with Gasteiger partial charge in [-0.15, -0.1) is 0 Å². The SMILES string of the molecule is CCNc1nc(-c2ccc3ccccc3n2)ncc1I. The van der Waals surface area contributed by atoms with Gasteiger partial charge in [-0.3, -0.25) is 0 Å². The molecule has 0 atom stereocenters. The molecule has 0 aliphatic rings. The minimum absolute atomic E-state index is 0.645. The van der Waals surface area contributed by atoms with Crippen molar-refractivity contribution >= 4 is 39.3 Å². The smallest absolute Gasteiger partial charge is 0.180 e. The Bertz CT molecular complexity index is 758. The maximum atomic E-state index is 4.62. The highest BCUT2D eigenvalue weighted by molar-refractivity contribution is 14.1. The number of anilines is 1. The number of rotatable bonds is 3. The van der Waals surface area contributed by atoms with E-state index in [1.807, 2.05) is 49.5 Å². The molecule has 1 N–H and O–H groups in total. The zero-order valence-electron chi connectivity index (χ0n) is 11.0. The molecule has 0 aliphatic carbocycles. The Kier molecular flexibility index (Phi) is 3.77. The number of nitrogens with one attached hydrogen (secondary N) is 1. The van der Waals surface area contributed by atoms with Crippen LogP contribution in [0.1, 0.15) is 6.92 Å². The van der Waals surface area contributed by atoms with Crippen LogP contribution in [0.4, 0.5) is 5.82 Å². The van der Waals surface area contributed by atoms with Crippen LogP contribution < -0.4 is 5.32 Å². The zero-order valence-corrected chi connectivity index (χ0v) is 13.1. The van der Waals surface area contributed by atoms with Gasteiger partial charge >= 0.3 is 0 Å². The van der Waals surface area contributed by atoms with Crippen LogP contribution >= 0.6 is 22.6 Å². The van der Waals surface area contributed by atoms with Crippen molar-refractivity contribution in [2.24, 2.45) is 0 Å². The third-order valence-corrected chi connectivity index (χ3v) is 3.71. The van der Waals surface area contributed by atoms with Crippen molar-refractivity contribution < 1.29 is 0 Å². The number of nitrogens with zero attached hydrogens (tertiary/aromatic N) is 3. The second-order valence-electron chi connectivity index (χ2n) is 4.31. The summed E-state index contributed by atoms with van der Waals surface area (Å²) in [5.41, 5.74) is 1.75. The molecule has 4 nitrogen and oxygen atoms in total. The van der Waals surface area contributed by atoms with E-state index in [9.17, 15) is 0 Å². The van der Waals surface area contributed by atoms with Gasteiger partial charge in [0.15, 0.2) is 5.82 Å². The van der Waals surface area contributed by atoms with Gasteiger partial charge in [-0.25, -0.2) is 15.0 Å². The molecular weight excluding hydrogens is 363 g/mol. The highest BCUT2D eigenvalue weighted by Crippen LogP contribution is 2.21. The largest absolute Gasteiger partial charge is 0.369 e. The summed E-state index contributed by atoms with van der Waals surface area (Å²) >= 11 is 2.23. The number of fused-ring (bicyclic) bond motifs is 1.